The first-order valence-corrected chi connectivity index (χ1v) is 9.18. The number of benzene rings is 1. The zero-order valence-electron chi connectivity index (χ0n) is 15.0. The minimum atomic E-state index is 0.0701. The lowest BCUT2D eigenvalue weighted by Crippen LogP contribution is -2.44. The molecule has 6 heteroatoms. The van der Waals surface area contributed by atoms with Crippen LogP contribution in [0.15, 0.2) is 29.3 Å². The van der Waals surface area contributed by atoms with E-state index in [0.717, 1.165) is 50.8 Å². The Labute approximate surface area is 149 Å². The third kappa shape index (κ3) is 5.19. The molecule has 1 saturated carbocycles. The number of anilines is 1. The van der Waals surface area contributed by atoms with Crippen LogP contribution in [-0.4, -0.2) is 51.8 Å². The van der Waals surface area contributed by atoms with Crippen LogP contribution in [-0.2, 0) is 16.0 Å². The Kier molecular flexibility index (Phi) is 6.28. The van der Waals surface area contributed by atoms with Crippen LogP contribution >= 0.6 is 0 Å². The van der Waals surface area contributed by atoms with Crippen molar-refractivity contribution >= 4 is 17.6 Å². The van der Waals surface area contributed by atoms with Crippen LogP contribution in [0.2, 0.25) is 0 Å². The van der Waals surface area contributed by atoms with Crippen LogP contribution in [0.4, 0.5) is 5.69 Å². The van der Waals surface area contributed by atoms with Gasteiger partial charge in [-0.05, 0) is 43.2 Å². The molecule has 0 bridgehead atoms. The van der Waals surface area contributed by atoms with Gasteiger partial charge in [0.1, 0.15) is 0 Å². The van der Waals surface area contributed by atoms with E-state index >= 15 is 0 Å². The van der Waals surface area contributed by atoms with Crippen molar-refractivity contribution in [2.24, 2.45) is 10.9 Å². The maximum Gasteiger partial charge on any atom is 0.246 e. The van der Waals surface area contributed by atoms with Crippen molar-refractivity contribution in [2.75, 3.05) is 44.8 Å². The Morgan fingerprint density at radius 1 is 1.32 bits per heavy atom. The summed E-state index contributed by atoms with van der Waals surface area (Å²) in [4.78, 5) is 18.5. The van der Waals surface area contributed by atoms with Gasteiger partial charge < -0.3 is 20.3 Å². The van der Waals surface area contributed by atoms with Gasteiger partial charge in [-0.25, -0.2) is 0 Å². The maximum atomic E-state index is 12.5. The third-order valence-electron chi connectivity index (χ3n) is 4.63. The molecule has 0 radical (unpaired) electrons. The summed E-state index contributed by atoms with van der Waals surface area (Å²) in [6.45, 7) is 3.45. The normalized spacial score (nSPS) is 16.7. The molecule has 6 nitrogen and oxygen atoms in total. The molecule has 0 atom stereocenters. The molecule has 1 fully saturated rings. The molecule has 1 aromatic carbocycles. The molecule has 2 aliphatic rings. The fraction of sp³-hybridized carbons (Fsp3) is 0.579. The number of hydrogen-bond donors (Lipinski definition) is 2. The van der Waals surface area contributed by atoms with Gasteiger partial charge in [-0.1, -0.05) is 18.2 Å². The summed E-state index contributed by atoms with van der Waals surface area (Å²) in [6.07, 6.45) is 4.51. The second-order valence-electron chi connectivity index (χ2n) is 6.65. The molecule has 2 N–H and O–H groups in total. The number of aliphatic imine (C=N–C) groups is 1. The lowest BCUT2D eigenvalue weighted by Gasteiger charge is -2.18. The number of ether oxygens (including phenoxy) is 1. The summed E-state index contributed by atoms with van der Waals surface area (Å²) in [5, 5.41) is 6.33. The number of rotatable bonds is 8. The van der Waals surface area contributed by atoms with Crippen LogP contribution in [0, 0.1) is 5.92 Å². The van der Waals surface area contributed by atoms with Gasteiger partial charge in [0, 0.05) is 39.0 Å². The Balaban J connectivity index is 1.34. The van der Waals surface area contributed by atoms with Crippen LogP contribution in [0.25, 0.3) is 0 Å². The van der Waals surface area contributed by atoms with E-state index in [9.17, 15) is 4.79 Å². The van der Waals surface area contributed by atoms with E-state index in [1.807, 2.05) is 23.1 Å². The monoisotopic (exact) mass is 344 g/mol. The molecule has 25 heavy (non-hydrogen) atoms. The van der Waals surface area contributed by atoms with Crippen molar-refractivity contribution < 1.29 is 9.53 Å². The van der Waals surface area contributed by atoms with Gasteiger partial charge in [0.2, 0.25) is 5.91 Å². The third-order valence-corrected chi connectivity index (χ3v) is 4.63. The van der Waals surface area contributed by atoms with Crippen molar-refractivity contribution in [3.05, 3.63) is 29.8 Å². The maximum absolute atomic E-state index is 12.5. The van der Waals surface area contributed by atoms with E-state index in [-0.39, 0.29) is 12.5 Å². The van der Waals surface area contributed by atoms with E-state index in [2.05, 4.69) is 21.7 Å². The molecule has 0 unspecified atom stereocenters. The largest absolute Gasteiger partial charge is 0.381 e. The molecule has 1 heterocycles. The second-order valence-corrected chi connectivity index (χ2v) is 6.65. The van der Waals surface area contributed by atoms with E-state index in [1.165, 1.54) is 18.4 Å². The van der Waals surface area contributed by atoms with Crippen LogP contribution in [0.1, 0.15) is 24.8 Å². The van der Waals surface area contributed by atoms with Gasteiger partial charge in [0.05, 0.1) is 6.54 Å². The highest BCUT2D eigenvalue weighted by molar-refractivity contribution is 5.98. The summed E-state index contributed by atoms with van der Waals surface area (Å²) >= 11 is 0. The first-order chi connectivity index (χ1) is 12.3. The highest BCUT2D eigenvalue weighted by atomic mass is 16.5. The number of amides is 1. The highest BCUT2D eigenvalue weighted by Gasteiger charge is 2.24. The van der Waals surface area contributed by atoms with Gasteiger partial charge >= 0.3 is 0 Å². The summed E-state index contributed by atoms with van der Waals surface area (Å²) in [5.74, 6) is 1.54. The molecule has 1 aliphatic carbocycles. The van der Waals surface area contributed by atoms with E-state index in [0.29, 0.717) is 5.96 Å². The second kappa shape index (κ2) is 8.85. The number of carbonyl (C=O) groups excluding carboxylic acids is 1. The van der Waals surface area contributed by atoms with E-state index in [4.69, 9.17) is 4.74 Å². The molecular weight excluding hydrogens is 316 g/mol. The topological polar surface area (TPSA) is 66.0 Å². The number of nitrogens with zero attached hydrogens (tertiary/aromatic N) is 2. The highest BCUT2D eigenvalue weighted by Crippen LogP contribution is 2.28. The Hall–Kier alpha value is -2.08. The zero-order valence-corrected chi connectivity index (χ0v) is 15.0. The SMILES string of the molecule is CN=C(NCCCOCC1CC1)NCC(=O)N1CCc2ccccc21. The van der Waals surface area contributed by atoms with E-state index in [1.54, 1.807) is 7.05 Å². The summed E-state index contributed by atoms with van der Waals surface area (Å²) in [7, 11) is 1.72. The molecule has 1 aromatic rings. The Bertz CT molecular complexity index is 613. The van der Waals surface area contributed by atoms with Gasteiger partial charge in [0.15, 0.2) is 5.96 Å². The lowest BCUT2D eigenvalue weighted by molar-refractivity contribution is -0.117. The fourth-order valence-corrected chi connectivity index (χ4v) is 2.99. The first kappa shape index (κ1) is 17.7. The minimum absolute atomic E-state index is 0.0701. The van der Waals surface area contributed by atoms with Crippen LogP contribution in [0.5, 0.6) is 0 Å². The van der Waals surface area contributed by atoms with Crippen molar-refractivity contribution in [2.45, 2.75) is 25.7 Å². The van der Waals surface area contributed by atoms with Crippen molar-refractivity contribution in [1.82, 2.24) is 10.6 Å². The molecule has 136 valence electrons. The predicted octanol–water partition coefficient (Wildman–Crippen LogP) is 1.56. The quantitative estimate of drug-likeness (QED) is 0.427. The number of nitrogens with one attached hydrogen (secondary N) is 2. The Morgan fingerprint density at radius 3 is 2.96 bits per heavy atom. The van der Waals surface area contributed by atoms with Crippen molar-refractivity contribution in [3.63, 3.8) is 0 Å². The van der Waals surface area contributed by atoms with Crippen LogP contribution < -0.4 is 15.5 Å². The van der Waals surface area contributed by atoms with Gasteiger partial charge in [-0.15, -0.1) is 0 Å². The predicted molar refractivity (Wildman–Crippen MR) is 100 cm³/mol. The standard InChI is InChI=1S/C19H28N4O2/c1-20-19(21-10-4-12-25-14-15-7-8-15)22-13-18(24)23-11-9-16-5-2-3-6-17(16)23/h2-3,5-6,15H,4,7-14H2,1H3,(H2,20,21,22). The molecule has 0 saturated heterocycles. The molecule has 1 amide bonds. The fourth-order valence-electron chi connectivity index (χ4n) is 2.99. The minimum Gasteiger partial charge on any atom is -0.381 e. The van der Waals surface area contributed by atoms with Crippen LogP contribution in [0.3, 0.4) is 0 Å². The molecule has 3 rings (SSSR count). The average Bonchev–Trinajstić information content (AvgIpc) is 3.36. The van der Waals surface area contributed by atoms with E-state index < -0.39 is 0 Å². The van der Waals surface area contributed by atoms with Gasteiger partial charge in [0.25, 0.3) is 0 Å². The van der Waals surface area contributed by atoms with Gasteiger partial charge in [-0.2, -0.15) is 0 Å². The van der Waals surface area contributed by atoms with Crippen molar-refractivity contribution in [1.29, 1.82) is 0 Å². The summed E-state index contributed by atoms with van der Waals surface area (Å²) < 4.78 is 5.61. The number of fused-ring (bicyclic) bond motifs is 1. The van der Waals surface area contributed by atoms with Crippen molar-refractivity contribution in [3.8, 4) is 0 Å². The number of hydrogen-bond acceptors (Lipinski definition) is 3. The first-order valence-electron chi connectivity index (χ1n) is 9.18. The molecule has 1 aliphatic heterocycles. The molecular formula is C19H28N4O2. The number of para-hydroxylation sites is 1. The smallest absolute Gasteiger partial charge is 0.246 e. The summed E-state index contributed by atoms with van der Waals surface area (Å²) in [5.41, 5.74) is 2.27. The average molecular weight is 344 g/mol. The summed E-state index contributed by atoms with van der Waals surface area (Å²) in [6, 6.07) is 8.09. The Morgan fingerprint density at radius 2 is 2.16 bits per heavy atom. The van der Waals surface area contributed by atoms with Gasteiger partial charge in [-0.3, -0.25) is 9.79 Å². The molecule has 0 aromatic heterocycles. The molecule has 0 spiro atoms. The zero-order chi connectivity index (χ0) is 17.5. The lowest BCUT2D eigenvalue weighted by atomic mass is 10.2. The number of guanidine groups is 1. The number of carbonyl (C=O) groups is 1.